The van der Waals surface area contributed by atoms with E-state index >= 15 is 0 Å². The first-order chi connectivity index (χ1) is 18.1. The Morgan fingerprint density at radius 2 is 1.87 bits per heavy atom. The molecule has 0 spiro atoms. The third-order valence-electron chi connectivity index (χ3n) is 7.84. The van der Waals surface area contributed by atoms with Gasteiger partial charge in [-0.1, -0.05) is 6.07 Å². The van der Waals surface area contributed by atoms with Crippen LogP contribution in [0.2, 0.25) is 0 Å². The molecule has 4 N–H and O–H groups in total. The number of nitrogen functional groups attached to an aromatic ring is 1. The highest BCUT2D eigenvalue weighted by atomic mass is 16.3. The maximum atomic E-state index is 13.1. The summed E-state index contributed by atoms with van der Waals surface area (Å²) in [5, 5.41) is 21.5. The largest absolute Gasteiger partial charge is 0.384 e. The van der Waals surface area contributed by atoms with Gasteiger partial charge in [0.05, 0.1) is 23.1 Å². The van der Waals surface area contributed by atoms with Crippen LogP contribution in [0.4, 0.5) is 5.82 Å². The molecule has 6 heterocycles. The van der Waals surface area contributed by atoms with Gasteiger partial charge in [-0.2, -0.15) is 14.7 Å². The van der Waals surface area contributed by atoms with E-state index in [9.17, 15) is 14.7 Å². The standard InChI is InChI=1S/C27H30N8O3/c1-14(36)22-23(16-10-17-5-6-18(11-16)34(17)26(37)20-8-9-30-33-20)32-25-19(13-31-35(25)24(22)28)15-4-7-21(29-12-15)27(2,3)38/h4,7-9,12-13,16-18,38H,5-6,10-11,28H2,1-3H3,(H,30,33)/t16-,17-,18+. The molecule has 1 amide bonds. The molecular weight excluding hydrogens is 484 g/mol. The number of rotatable bonds is 5. The summed E-state index contributed by atoms with van der Waals surface area (Å²) >= 11 is 0. The minimum Gasteiger partial charge on any atom is -0.384 e. The second-order valence-electron chi connectivity index (χ2n) is 10.8. The number of carbonyl (C=O) groups is 2. The van der Waals surface area contributed by atoms with Crippen molar-refractivity contribution >= 4 is 23.2 Å². The second-order valence-corrected chi connectivity index (χ2v) is 10.8. The van der Waals surface area contributed by atoms with Gasteiger partial charge in [0.25, 0.3) is 5.91 Å². The maximum Gasteiger partial charge on any atom is 0.274 e. The fourth-order valence-electron chi connectivity index (χ4n) is 6.05. The van der Waals surface area contributed by atoms with E-state index in [4.69, 9.17) is 10.7 Å². The Bertz CT molecular complexity index is 1520. The van der Waals surface area contributed by atoms with E-state index in [1.807, 2.05) is 11.0 Å². The van der Waals surface area contributed by atoms with Gasteiger partial charge < -0.3 is 15.7 Å². The van der Waals surface area contributed by atoms with E-state index in [2.05, 4.69) is 20.3 Å². The lowest BCUT2D eigenvalue weighted by Gasteiger charge is -2.39. The van der Waals surface area contributed by atoms with Gasteiger partial charge in [-0.05, 0) is 58.6 Å². The molecule has 2 saturated heterocycles. The van der Waals surface area contributed by atoms with Gasteiger partial charge in [0.1, 0.15) is 17.1 Å². The lowest BCUT2D eigenvalue weighted by molar-refractivity contribution is 0.0562. The van der Waals surface area contributed by atoms with E-state index in [0.29, 0.717) is 41.1 Å². The zero-order valence-corrected chi connectivity index (χ0v) is 21.5. The molecule has 196 valence electrons. The van der Waals surface area contributed by atoms with Crippen LogP contribution >= 0.6 is 0 Å². The molecule has 2 fully saturated rings. The number of hydrogen-bond donors (Lipinski definition) is 3. The number of aromatic amines is 1. The molecule has 0 radical (unpaired) electrons. The smallest absolute Gasteiger partial charge is 0.274 e. The Kier molecular flexibility index (Phi) is 5.56. The first kappa shape index (κ1) is 24.2. The van der Waals surface area contributed by atoms with Gasteiger partial charge in [0.2, 0.25) is 0 Å². The topological polar surface area (TPSA) is 155 Å². The Balaban J connectivity index is 1.39. The predicted octanol–water partition coefficient (Wildman–Crippen LogP) is 3.08. The highest BCUT2D eigenvalue weighted by Gasteiger charge is 2.45. The quantitative estimate of drug-likeness (QED) is 0.343. The Morgan fingerprint density at radius 1 is 1.13 bits per heavy atom. The summed E-state index contributed by atoms with van der Waals surface area (Å²) in [5.41, 5.74) is 9.56. The summed E-state index contributed by atoms with van der Waals surface area (Å²) in [6, 6.07) is 5.43. The van der Waals surface area contributed by atoms with Crippen LogP contribution in [-0.2, 0) is 5.60 Å². The van der Waals surface area contributed by atoms with Gasteiger partial charge in [-0.15, -0.1) is 0 Å². The van der Waals surface area contributed by atoms with Crippen LogP contribution in [0.25, 0.3) is 16.8 Å². The molecular formula is C27H30N8O3. The number of aliphatic hydroxyl groups is 1. The fourth-order valence-corrected chi connectivity index (χ4v) is 6.05. The summed E-state index contributed by atoms with van der Waals surface area (Å²) in [6.07, 6.45) is 8.20. The molecule has 0 unspecified atom stereocenters. The number of hydrogen-bond acceptors (Lipinski definition) is 8. The molecule has 2 aliphatic rings. The average Bonchev–Trinajstić information content (AvgIpc) is 3.61. The Labute approximate surface area is 219 Å². The van der Waals surface area contributed by atoms with E-state index < -0.39 is 5.60 Å². The molecule has 2 bridgehead atoms. The number of aromatic nitrogens is 6. The summed E-state index contributed by atoms with van der Waals surface area (Å²) in [6.45, 7) is 4.86. The molecule has 0 aliphatic carbocycles. The molecule has 4 aromatic heterocycles. The van der Waals surface area contributed by atoms with Crippen molar-refractivity contribution in [2.24, 2.45) is 0 Å². The molecule has 38 heavy (non-hydrogen) atoms. The van der Waals surface area contributed by atoms with Gasteiger partial charge >= 0.3 is 0 Å². The third-order valence-corrected chi connectivity index (χ3v) is 7.84. The molecule has 11 heteroatoms. The first-order valence-electron chi connectivity index (χ1n) is 12.8. The van der Waals surface area contributed by atoms with Crippen molar-refractivity contribution in [1.82, 2.24) is 34.7 Å². The number of Topliss-reactive ketones (excluding diaryl/α,β-unsaturated/α-hetero) is 1. The first-order valence-corrected chi connectivity index (χ1v) is 12.8. The summed E-state index contributed by atoms with van der Waals surface area (Å²) < 4.78 is 1.50. The lowest BCUT2D eigenvalue weighted by atomic mass is 9.85. The molecule has 2 aliphatic heterocycles. The van der Waals surface area contributed by atoms with Crippen LogP contribution in [0.1, 0.15) is 84.6 Å². The Morgan fingerprint density at radius 3 is 2.45 bits per heavy atom. The predicted molar refractivity (Wildman–Crippen MR) is 139 cm³/mol. The highest BCUT2D eigenvalue weighted by Crippen LogP contribution is 2.45. The molecule has 0 saturated carbocycles. The zero-order chi connectivity index (χ0) is 26.8. The number of nitrogens with zero attached hydrogens (tertiary/aromatic N) is 6. The molecule has 0 aromatic carbocycles. The third kappa shape index (κ3) is 3.85. The van der Waals surface area contributed by atoms with Crippen molar-refractivity contribution in [3.63, 3.8) is 0 Å². The number of nitrogens with one attached hydrogen (secondary N) is 1. The lowest BCUT2D eigenvalue weighted by Crippen LogP contribution is -2.46. The molecule has 4 aromatic rings. The average molecular weight is 515 g/mol. The van der Waals surface area contributed by atoms with E-state index in [1.54, 1.807) is 44.6 Å². The Hall–Kier alpha value is -4.12. The van der Waals surface area contributed by atoms with Crippen molar-refractivity contribution in [1.29, 1.82) is 0 Å². The van der Waals surface area contributed by atoms with Crippen LogP contribution in [0.5, 0.6) is 0 Å². The maximum absolute atomic E-state index is 13.1. The van der Waals surface area contributed by atoms with Gasteiger partial charge in [0, 0.05) is 41.5 Å². The van der Waals surface area contributed by atoms with E-state index in [1.165, 1.54) is 11.4 Å². The van der Waals surface area contributed by atoms with Crippen molar-refractivity contribution in [2.45, 2.75) is 70.1 Å². The minimum atomic E-state index is -1.06. The monoisotopic (exact) mass is 514 g/mol. The van der Waals surface area contributed by atoms with Crippen LogP contribution in [0.15, 0.2) is 36.8 Å². The number of nitrogens with two attached hydrogens (primary N) is 1. The molecule has 6 rings (SSSR count). The van der Waals surface area contributed by atoms with Gasteiger partial charge in [-0.3, -0.25) is 19.7 Å². The molecule has 3 atom stereocenters. The van der Waals surface area contributed by atoms with Crippen molar-refractivity contribution in [3.8, 4) is 11.1 Å². The summed E-state index contributed by atoms with van der Waals surface area (Å²) in [4.78, 5) is 37.3. The van der Waals surface area contributed by atoms with Crippen molar-refractivity contribution in [3.05, 3.63) is 59.4 Å². The molecule has 11 nitrogen and oxygen atoms in total. The van der Waals surface area contributed by atoms with Crippen LogP contribution in [-0.4, -0.2) is 63.6 Å². The van der Waals surface area contributed by atoms with E-state index in [-0.39, 0.29) is 35.5 Å². The highest BCUT2D eigenvalue weighted by molar-refractivity contribution is 6.00. The second kappa shape index (κ2) is 8.73. The van der Waals surface area contributed by atoms with Crippen molar-refractivity contribution < 1.29 is 14.7 Å². The number of fused-ring (bicyclic) bond motifs is 3. The van der Waals surface area contributed by atoms with Gasteiger partial charge in [-0.25, -0.2) is 4.98 Å². The minimum absolute atomic E-state index is 0.0274. The van der Waals surface area contributed by atoms with Gasteiger partial charge in [0.15, 0.2) is 11.4 Å². The van der Waals surface area contributed by atoms with E-state index in [0.717, 1.165) is 24.0 Å². The van der Waals surface area contributed by atoms with Crippen molar-refractivity contribution in [2.75, 3.05) is 5.73 Å². The normalized spacial score (nSPS) is 21.3. The van der Waals surface area contributed by atoms with Crippen LogP contribution < -0.4 is 5.73 Å². The number of H-pyrrole nitrogens is 1. The number of pyridine rings is 1. The van der Waals surface area contributed by atoms with Crippen LogP contribution in [0.3, 0.4) is 0 Å². The number of anilines is 1. The fraction of sp³-hybridized carbons (Fsp3) is 0.407. The van der Waals surface area contributed by atoms with Crippen LogP contribution in [0, 0.1) is 0 Å². The summed E-state index contributed by atoms with van der Waals surface area (Å²) in [5.74, 6) is 0.00193. The number of amides is 1. The number of piperidine rings is 1. The zero-order valence-electron chi connectivity index (χ0n) is 21.5. The summed E-state index contributed by atoms with van der Waals surface area (Å²) in [7, 11) is 0. The number of carbonyl (C=O) groups excluding carboxylic acids is 2. The number of ketones is 1. The SMILES string of the molecule is CC(=O)c1c([C@@H]2C[C@H]3CC[C@@H](C2)N3C(=O)c2cc[nH]n2)nc2c(-c3ccc(C(C)(C)O)nc3)cnn2c1N.